The van der Waals surface area contributed by atoms with Crippen molar-refractivity contribution in [2.24, 2.45) is 0 Å². The molecule has 24 heavy (non-hydrogen) atoms. The summed E-state index contributed by atoms with van der Waals surface area (Å²) in [5.74, 6) is 0.552. The zero-order chi connectivity index (χ0) is 17.6. The zero-order valence-corrected chi connectivity index (χ0v) is 14.3. The Kier molecular flexibility index (Phi) is 5.76. The van der Waals surface area contributed by atoms with Crippen molar-refractivity contribution >= 4 is 27.6 Å². The van der Waals surface area contributed by atoms with Crippen LogP contribution in [0.25, 0.3) is 6.08 Å². The second-order valence-corrected chi connectivity index (χ2v) is 7.07. The first-order valence-corrected chi connectivity index (χ1v) is 9.06. The Balaban J connectivity index is 2.08. The average Bonchev–Trinajstić information content (AvgIpc) is 2.60. The average molecular weight is 345 g/mol. The Bertz CT molecular complexity index is 840. The predicted octanol–water partition coefficient (Wildman–Crippen LogP) is 3.35. The van der Waals surface area contributed by atoms with E-state index in [4.69, 9.17) is 4.74 Å². The third-order valence-electron chi connectivity index (χ3n) is 3.34. The van der Waals surface area contributed by atoms with E-state index in [0.717, 1.165) is 11.3 Å². The number of hydrogen-bond donors (Lipinski definition) is 1. The van der Waals surface area contributed by atoms with Crippen LogP contribution in [0.3, 0.4) is 0 Å². The molecule has 0 spiro atoms. The van der Waals surface area contributed by atoms with Gasteiger partial charge in [-0.1, -0.05) is 18.2 Å². The van der Waals surface area contributed by atoms with Crippen LogP contribution in [0.5, 0.6) is 5.75 Å². The minimum absolute atomic E-state index is 0.00302. The van der Waals surface area contributed by atoms with Gasteiger partial charge in [0, 0.05) is 11.3 Å². The maximum Gasteiger partial charge on any atom is 0.232 e. The molecule has 0 heterocycles. The number of nitrogens with one attached hydrogen (secondary N) is 1. The fraction of sp³-hybridized carbons (Fsp3) is 0.167. The van der Waals surface area contributed by atoms with E-state index < -0.39 is 10.0 Å². The van der Waals surface area contributed by atoms with Gasteiger partial charge >= 0.3 is 0 Å². The first kappa shape index (κ1) is 17.7. The number of carbonyl (C=O) groups excluding carboxylic acids is 1. The second-order valence-electron chi connectivity index (χ2n) is 5.06. The summed E-state index contributed by atoms with van der Waals surface area (Å²) in [6.07, 6.45) is 3.18. The van der Waals surface area contributed by atoms with Crippen LogP contribution in [0.1, 0.15) is 22.8 Å². The van der Waals surface area contributed by atoms with E-state index in [9.17, 15) is 13.2 Å². The summed E-state index contributed by atoms with van der Waals surface area (Å²) in [6, 6.07) is 13.7. The number of carbonyl (C=O) groups is 1. The van der Waals surface area contributed by atoms with E-state index >= 15 is 0 Å². The topological polar surface area (TPSA) is 72.5 Å². The van der Waals surface area contributed by atoms with Crippen molar-refractivity contribution in [3.8, 4) is 5.75 Å². The van der Waals surface area contributed by atoms with Crippen molar-refractivity contribution in [1.29, 1.82) is 0 Å². The summed E-state index contributed by atoms with van der Waals surface area (Å²) < 4.78 is 30.6. The van der Waals surface area contributed by atoms with Crippen LogP contribution in [-0.2, 0) is 10.0 Å². The monoisotopic (exact) mass is 345 g/mol. The van der Waals surface area contributed by atoms with Gasteiger partial charge in [0.2, 0.25) is 10.0 Å². The highest BCUT2D eigenvalue weighted by Crippen LogP contribution is 2.15. The fourth-order valence-corrected chi connectivity index (χ4v) is 2.61. The number of sulfonamides is 1. The van der Waals surface area contributed by atoms with Crippen LogP contribution in [0.2, 0.25) is 0 Å². The smallest absolute Gasteiger partial charge is 0.232 e. The standard InChI is InChI=1S/C18H19NO4S/c1-3-24(21,22)19-16-10-8-15(9-11-16)18(20)12-7-14-5-4-6-17(13-14)23-2/h4-13,19H,3H2,1-2H3/b12-7+. The lowest BCUT2D eigenvalue weighted by molar-refractivity contribution is 0.104. The number of allylic oxidation sites excluding steroid dienone is 1. The van der Waals surface area contributed by atoms with E-state index in [1.807, 2.05) is 24.3 Å². The molecule has 0 saturated carbocycles. The van der Waals surface area contributed by atoms with Gasteiger partial charge in [0.15, 0.2) is 5.78 Å². The predicted molar refractivity (Wildman–Crippen MR) is 95.9 cm³/mol. The third-order valence-corrected chi connectivity index (χ3v) is 4.65. The van der Waals surface area contributed by atoms with Crippen LogP contribution in [0, 0.1) is 0 Å². The summed E-state index contributed by atoms with van der Waals surface area (Å²) in [5.41, 5.74) is 1.77. The molecule has 0 bridgehead atoms. The molecule has 0 radical (unpaired) electrons. The highest BCUT2D eigenvalue weighted by molar-refractivity contribution is 7.92. The van der Waals surface area contributed by atoms with Gasteiger partial charge in [-0.25, -0.2) is 8.42 Å². The molecule has 0 unspecified atom stereocenters. The minimum atomic E-state index is -3.32. The SMILES string of the molecule is CCS(=O)(=O)Nc1ccc(C(=O)/C=C/c2cccc(OC)c2)cc1. The molecule has 2 aromatic carbocycles. The molecule has 0 saturated heterocycles. The Hall–Kier alpha value is -2.60. The molecule has 1 N–H and O–H groups in total. The van der Waals surface area contributed by atoms with Crippen molar-refractivity contribution in [3.05, 3.63) is 65.7 Å². The molecule has 2 aromatic rings. The fourth-order valence-electron chi connectivity index (χ4n) is 1.97. The second kappa shape index (κ2) is 7.79. The first-order valence-electron chi connectivity index (χ1n) is 7.40. The van der Waals surface area contributed by atoms with Crippen LogP contribution >= 0.6 is 0 Å². The van der Waals surface area contributed by atoms with Crippen molar-refractivity contribution in [2.45, 2.75) is 6.92 Å². The van der Waals surface area contributed by atoms with Gasteiger partial charge < -0.3 is 4.74 Å². The summed E-state index contributed by atoms with van der Waals surface area (Å²) in [7, 11) is -1.73. The number of anilines is 1. The van der Waals surface area contributed by atoms with Gasteiger partial charge in [0.1, 0.15) is 5.75 Å². The number of methoxy groups -OCH3 is 1. The molecule has 0 aliphatic heterocycles. The van der Waals surface area contributed by atoms with Gasteiger partial charge in [-0.05, 0) is 55.0 Å². The summed E-state index contributed by atoms with van der Waals surface area (Å²) in [5, 5.41) is 0. The van der Waals surface area contributed by atoms with Crippen molar-refractivity contribution in [1.82, 2.24) is 0 Å². The normalized spacial score (nSPS) is 11.4. The Morgan fingerprint density at radius 2 is 1.88 bits per heavy atom. The molecule has 0 aromatic heterocycles. The quantitative estimate of drug-likeness (QED) is 0.617. The third kappa shape index (κ3) is 4.96. The lowest BCUT2D eigenvalue weighted by atomic mass is 10.1. The molecule has 0 atom stereocenters. The van der Waals surface area contributed by atoms with E-state index in [-0.39, 0.29) is 11.5 Å². The van der Waals surface area contributed by atoms with Crippen LogP contribution in [0.15, 0.2) is 54.6 Å². The van der Waals surface area contributed by atoms with E-state index in [0.29, 0.717) is 11.3 Å². The highest BCUT2D eigenvalue weighted by Gasteiger charge is 2.07. The summed E-state index contributed by atoms with van der Waals surface area (Å²) in [6.45, 7) is 1.56. The Labute approximate surface area is 142 Å². The molecule has 0 amide bonds. The maximum atomic E-state index is 12.2. The summed E-state index contributed by atoms with van der Waals surface area (Å²) >= 11 is 0. The van der Waals surface area contributed by atoms with Gasteiger partial charge in [-0.3, -0.25) is 9.52 Å². The first-order chi connectivity index (χ1) is 11.4. The van der Waals surface area contributed by atoms with E-state index in [1.54, 1.807) is 44.4 Å². The van der Waals surface area contributed by atoms with E-state index in [1.165, 1.54) is 6.08 Å². The lowest BCUT2D eigenvalue weighted by Crippen LogP contribution is -2.14. The summed E-state index contributed by atoms with van der Waals surface area (Å²) in [4.78, 5) is 12.2. The largest absolute Gasteiger partial charge is 0.497 e. The van der Waals surface area contributed by atoms with Crippen LogP contribution in [0.4, 0.5) is 5.69 Å². The molecule has 0 fully saturated rings. The maximum absolute atomic E-state index is 12.2. The highest BCUT2D eigenvalue weighted by atomic mass is 32.2. The molecule has 0 aliphatic carbocycles. The van der Waals surface area contributed by atoms with Gasteiger partial charge in [0.25, 0.3) is 0 Å². The van der Waals surface area contributed by atoms with Gasteiger partial charge in [0.05, 0.1) is 12.9 Å². The van der Waals surface area contributed by atoms with Crippen LogP contribution < -0.4 is 9.46 Å². The molecular weight excluding hydrogens is 326 g/mol. The van der Waals surface area contributed by atoms with Gasteiger partial charge in [-0.2, -0.15) is 0 Å². The minimum Gasteiger partial charge on any atom is -0.497 e. The lowest BCUT2D eigenvalue weighted by Gasteiger charge is -2.06. The van der Waals surface area contributed by atoms with Crippen molar-refractivity contribution < 1.29 is 17.9 Å². The number of benzene rings is 2. The molecule has 6 heteroatoms. The Morgan fingerprint density at radius 1 is 1.17 bits per heavy atom. The molecule has 0 aliphatic rings. The number of ether oxygens (including phenoxy) is 1. The molecule has 2 rings (SSSR count). The number of ketones is 1. The molecule has 5 nitrogen and oxygen atoms in total. The van der Waals surface area contributed by atoms with Crippen molar-refractivity contribution in [2.75, 3.05) is 17.6 Å². The van der Waals surface area contributed by atoms with Gasteiger partial charge in [-0.15, -0.1) is 0 Å². The Morgan fingerprint density at radius 3 is 2.50 bits per heavy atom. The van der Waals surface area contributed by atoms with Crippen molar-refractivity contribution in [3.63, 3.8) is 0 Å². The molecule has 126 valence electrons. The number of rotatable bonds is 7. The zero-order valence-electron chi connectivity index (χ0n) is 13.5. The van der Waals surface area contributed by atoms with Crippen LogP contribution in [-0.4, -0.2) is 27.1 Å². The number of hydrogen-bond acceptors (Lipinski definition) is 4. The molecular formula is C18H19NO4S. The van der Waals surface area contributed by atoms with E-state index in [2.05, 4.69) is 4.72 Å².